The molecule has 1 amide bonds. The van der Waals surface area contributed by atoms with Crippen molar-refractivity contribution in [1.82, 2.24) is 9.80 Å². The largest absolute Gasteiger partial charge is 0.369 e. The maximum atomic E-state index is 13.9. The SMILES string of the molecule is C=C(C(C)c1ccccc1F)N(C)CC(=O)N1CC(C=O)CC1C#N. The van der Waals surface area contributed by atoms with Crippen molar-refractivity contribution < 1.29 is 14.0 Å². The minimum atomic E-state index is -0.576. The third-order valence-corrected chi connectivity index (χ3v) is 4.73. The van der Waals surface area contributed by atoms with E-state index in [9.17, 15) is 19.2 Å². The predicted molar refractivity (Wildman–Crippen MR) is 91.9 cm³/mol. The highest BCUT2D eigenvalue weighted by molar-refractivity contribution is 5.80. The molecule has 0 N–H and O–H groups in total. The van der Waals surface area contributed by atoms with Crippen molar-refractivity contribution >= 4 is 12.2 Å². The summed E-state index contributed by atoms with van der Waals surface area (Å²) in [6.07, 6.45) is 1.17. The summed E-state index contributed by atoms with van der Waals surface area (Å²) in [5.74, 6) is -1.12. The number of nitriles is 1. The average Bonchev–Trinajstić information content (AvgIpc) is 3.04. The summed E-state index contributed by atoms with van der Waals surface area (Å²) in [5, 5.41) is 9.18. The van der Waals surface area contributed by atoms with Gasteiger partial charge in [-0.1, -0.05) is 31.7 Å². The van der Waals surface area contributed by atoms with Crippen LogP contribution in [0.15, 0.2) is 36.5 Å². The normalized spacial score (nSPS) is 20.6. The molecule has 0 saturated carbocycles. The van der Waals surface area contributed by atoms with Crippen LogP contribution in [0.2, 0.25) is 0 Å². The van der Waals surface area contributed by atoms with Gasteiger partial charge in [0.15, 0.2) is 0 Å². The van der Waals surface area contributed by atoms with Gasteiger partial charge in [0.05, 0.1) is 12.6 Å². The van der Waals surface area contributed by atoms with Crippen LogP contribution in [0.25, 0.3) is 0 Å². The fraction of sp³-hybridized carbons (Fsp3) is 0.421. The fourth-order valence-corrected chi connectivity index (χ4v) is 3.10. The lowest BCUT2D eigenvalue weighted by molar-refractivity contribution is -0.131. The third-order valence-electron chi connectivity index (χ3n) is 4.73. The highest BCUT2D eigenvalue weighted by Gasteiger charge is 2.35. The van der Waals surface area contributed by atoms with E-state index in [-0.39, 0.29) is 36.6 Å². The Morgan fingerprint density at radius 1 is 1.56 bits per heavy atom. The molecular weight excluding hydrogens is 321 g/mol. The molecule has 25 heavy (non-hydrogen) atoms. The van der Waals surface area contributed by atoms with Crippen LogP contribution in [0.4, 0.5) is 4.39 Å². The molecule has 132 valence electrons. The number of aldehydes is 1. The van der Waals surface area contributed by atoms with Gasteiger partial charge in [-0.2, -0.15) is 5.26 Å². The number of hydrogen-bond donors (Lipinski definition) is 0. The highest BCUT2D eigenvalue weighted by atomic mass is 19.1. The van der Waals surface area contributed by atoms with Crippen LogP contribution in [0.3, 0.4) is 0 Å². The van der Waals surface area contributed by atoms with Crippen LogP contribution in [0.5, 0.6) is 0 Å². The highest BCUT2D eigenvalue weighted by Crippen LogP contribution is 2.27. The minimum absolute atomic E-state index is 0.0291. The molecule has 1 aromatic rings. The van der Waals surface area contributed by atoms with Gasteiger partial charge in [-0.15, -0.1) is 0 Å². The molecule has 1 aliphatic heterocycles. The van der Waals surface area contributed by atoms with Crippen molar-refractivity contribution in [2.24, 2.45) is 5.92 Å². The molecule has 1 fully saturated rings. The number of amides is 1. The summed E-state index contributed by atoms with van der Waals surface area (Å²) in [4.78, 5) is 26.6. The number of likely N-dealkylation sites (tertiary alicyclic amines) is 1. The lowest BCUT2D eigenvalue weighted by atomic mass is 9.97. The Balaban J connectivity index is 2.03. The van der Waals surface area contributed by atoms with E-state index in [1.807, 2.05) is 6.92 Å². The zero-order chi connectivity index (χ0) is 18.6. The van der Waals surface area contributed by atoms with Gasteiger partial charge in [-0.3, -0.25) is 4.79 Å². The van der Waals surface area contributed by atoms with Crippen molar-refractivity contribution in [1.29, 1.82) is 5.26 Å². The summed E-state index contributed by atoms with van der Waals surface area (Å²) < 4.78 is 13.9. The molecule has 0 spiro atoms. The quantitative estimate of drug-likeness (QED) is 0.744. The second kappa shape index (κ2) is 7.93. The molecule has 2 rings (SSSR count). The summed E-state index contributed by atoms with van der Waals surface area (Å²) in [6, 6.07) is 7.97. The monoisotopic (exact) mass is 343 g/mol. The first kappa shape index (κ1) is 18.7. The molecular formula is C19H22FN3O2. The topological polar surface area (TPSA) is 64.4 Å². The lowest BCUT2D eigenvalue weighted by Gasteiger charge is -2.29. The smallest absolute Gasteiger partial charge is 0.243 e. The van der Waals surface area contributed by atoms with E-state index in [0.29, 0.717) is 17.7 Å². The van der Waals surface area contributed by atoms with Crippen molar-refractivity contribution in [3.63, 3.8) is 0 Å². The second-order valence-electron chi connectivity index (χ2n) is 6.41. The third kappa shape index (κ3) is 4.05. The second-order valence-corrected chi connectivity index (χ2v) is 6.41. The number of nitrogens with zero attached hydrogens (tertiary/aromatic N) is 3. The summed E-state index contributed by atoms with van der Waals surface area (Å²) in [6.45, 7) is 6.12. The molecule has 0 bridgehead atoms. The number of likely N-dealkylation sites (N-methyl/N-ethyl adjacent to an activating group) is 1. The Hall–Kier alpha value is -2.68. The van der Waals surface area contributed by atoms with Crippen LogP contribution in [0, 0.1) is 23.1 Å². The Kier molecular flexibility index (Phi) is 5.92. The number of carbonyl (C=O) groups excluding carboxylic acids is 2. The number of allylic oxidation sites excluding steroid dienone is 1. The first-order chi connectivity index (χ1) is 11.9. The summed E-state index contributed by atoms with van der Waals surface area (Å²) in [7, 11) is 1.71. The summed E-state index contributed by atoms with van der Waals surface area (Å²) >= 11 is 0. The van der Waals surface area contributed by atoms with Crippen LogP contribution >= 0.6 is 0 Å². The van der Waals surface area contributed by atoms with Gasteiger partial charge in [0.25, 0.3) is 0 Å². The average molecular weight is 343 g/mol. The van der Waals surface area contributed by atoms with Crippen molar-refractivity contribution in [2.75, 3.05) is 20.1 Å². The number of rotatable bonds is 6. The van der Waals surface area contributed by atoms with Gasteiger partial charge in [0, 0.05) is 31.1 Å². The number of hydrogen-bond acceptors (Lipinski definition) is 4. The molecule has 3 unspecified atom stereocenters. The number of carbonyl (C=O) groups is 2. The van der Waals surface area contributed by atoms with Crippen molar-refractivity contribution in [3.05, 3.63) is 47.9 Å². The fourth-order valence-electron chi connectivity index (χ4n) is 3.10. The van der Waals surface area contributed by atoms with Crippen molar-refractivity contribution in [2.45, 2.75) is 25.3 Å². The van der Waals surface area contributed by atoms with Crippen LogP contribution in [-0.4, -0.2) is 48.2 Å². The Labute approximate surface area is 147 Å². The van der Waals surface area contributed by atoms with E-state index in [2.05, 4.69) is 12.6 Å². The Morgan fingerprint density at radius 3 is 2.84 bits per heavy atom. The maximum absolute atomic E-state index is 13.9. The number of benzene rings is 1. The standard InChI is InChI=1S/C19H22FN3O2/c1-13(17-6-4-5-7-18(17)20)14(2)22(3)11-19(25)23-10-15(12-24)8-16(23)9-21/h4-7,12-13,15-16H,2,8,10-11H2,1,3H3. The van der Waals surface area contributed by atoms with E-state index in [0.717, 1.165) is 6.29 Å². The first-order valence-corrected chi connectivity index (χ1v) is 8.17. The van der Waals surface area contributed by atoms with Crippen LogP contribution in [-0.2, 0) is 9.59 Å². The van der Waals surface area contributed by atoms with Crippen molar-refractivity contribution in [3.8, 4) is 6.07 Å². The molecule has 0 radical (unpaired) electrons. The Bertz CT molecular complexity index is 713. The lowest BCUT2D eigenvalue weighted by Crippen LogP contribution is -2.41. The van der Waals surface area contributed by atoms with E-state index in [1.165, 1.54) is 11.0 Å². The first-order valence-electron chi connectivity index (χ1n) is 8.17. The van der Waals surface area contributed by atoms with E-state index < -0.39 is 6.04 Å². The Morgan fingerprint density at radius 2 is 2.24 bits per heavy atom. The van der Waals surface area contributed by atoms with Gasteiger partial charge in [-0.25, -0.2) is 4.39 Å². The molecule has 1 saturated heterocycles. The van der Waals surface area contributed by atoms with Gasteiger partial charge in [0.2, 0.25) is 5.91 Å². The van der Waals surface area contributed by atoms with E-state index in [4.69, 9.17) is 0 Å². The van der Waals surface area contributed by atoms with Gasteiger partial charge < -0.3 is 14.6 Å². The molecule has 0 aromatic heterocycles. The molecule has 0 aliphatic carbocycles. The maximum Gasteiger partial charge on any atom is 0.243 e. The zero-order valence-corrected chi connectivity index (χ0v) is 14.5. The minimum Gasteiger partial charge on any atom is -0.369 e. The molecule has 6 heteroatoms. The van der Waals surface area contributed by atoms with E-state index >= 15 is 0 Å². The zero-order valence-electron chi connectivity index (χ0n) is 14.5. The predicted octanol–water partition coefficient (Wildman–Crippen LogP) is 2.31. The van der Waals surface area contributed by atoms with Gasteiger partial charge in [0.1, 0.15) is 18.1 Å². The summed E-state index contributed by atoms with van der Waals surface area (Å²) in [5.41, 5.74) is 1.13. The number of halogens is 1. The van der Waals surface area contributed by atoms with Gasteiger partial charge >= 0.3 is 0 Å². The molecule has 1 heterocycles. The molecule has 1 aromatic carbocycles. The van der Waals surface area contributed by atoms with E-state index in [1.54, 1.807) is 30.1 Å². The molecule has 5 nitrogen and oxygen atoms in total. The van der Waals surface area contributed by atoms with Crippen LogP contribution < -0.4 is 0 Å². The van der Waals surface area contributed by atoms with Gasteiger partial charge in [-0.05, 0) is 18.1 Å². The molecule has 3 atom stereocenters. The molecule has 1 aliphatic rings. The van der Waals surface area contributed by atoms with Crippen LogP contribution in [0.1, 0.15) is 24.8 Å².